The van der Waals surface area contributed by atoms with Crippen molar-refractivity contribution in [2.24, 2.45) is 28.6 Å². The maximum Gasteiger partial charge on any atom is 0.509 e. The number of ether oxygens (including phenoxy) is 3. The lowest BCUT2D eigenvalue weighted by molar-refractivity contribution is -0.177. The van der Waals surface area contributed by atoms with Crippen LogP contribution in [0.15, 0.2) is 11.6 Å². The lowest BCUT2D eigenvalue weighted by atomic mass is 9.46. The first kappa shape index (κ1) is 25.6. The second kappa shape index (κ2) is 9.17. The zero-order chi connectivity index (χ0) is 25.6. The van der Waals surface area contributed by atoms with Crippen molar-refractivity contribution in [2.45, 2.75) is 84.2 Å². The molecule has 3 saturated carbocycles. The number of methoxy groups -OCH3 is 1. The topological polar surface area (TPSA) is 113 Å². The SMILES string of the molecule is CCCC(=O)OCC(=O)[C@@]1(OC(=O)OC)CC[C@H]2[C@@H]3CCC4=CC(=O)CC[C@]4(C)[C@H]3C(=O)C[C@@]21C. The summed E-state index contributed by atoms with van der Waals surface area (Å²) < 4.78 is 15.7. The van der Waals surface area contributed by atoms with Crippen LogP contribution in [0.3, 0.4) is 0 Å². The summed E-state index contributed by atoms with van der Waals surface area (Å²) >= 11 is 0. The number of hydrogen-bond acceptors (Lipinski definition) is 8. The second-order valence-electron chi connectivity index (χ2n) is 11.2. The molecule has 3 fully saturated rings. The van der Waals surface area contributed by atoms with Gasteiger partial charge in [-0.1, -0.05) is 26.3 Å². The molecule has 0 aromatic rings. The molecule has 0 bridgehead atoms. The Morgan fingerprint density at radius 2 is 1.83 bits per heavy atom. The zero-order valence-electron chi connectivity index (χ0n) is 21.1. The van der Waals surface area contributed by atoms with Crippen molar-refractivity contribution < 1.29 is 38.2 Å². The first-order valence-electron chi connectivity index (χ1n) is 12.7. The number of carbonyl (C=O) groups is 5. The van der Waals surface area contributed by atoms with Gasteiger partial charge in [0.1, 0.15) is 5.78 Å². The first-order valence-corrected chi connectivity index (χ1v) is 12.7. The maximum atomic E-state index is 13.9. The molecule has 35 heavy (non-hydrogen) atoms. The number of Topliss-reactive ketones (excluding diaryl/α,β-unsaturated/α-hetero) is 2. The van der Waals surface area contributed by atoms with Crippen molar-refractivity contribution >= 4 is 29.5 Å². The molecule has 6 atom stereocenters. The van der Waals surface area contributed by atoms with Crippen molar-refractivity contribution in [2.75, 3.05) is 13.7 Å². The molecule has 4 aliphatic carbocycles. The van der Waals surface area contributed by atoms with Gasteiger partial charge in [0.2, 0.25) is 5.78 Å². The maximum absolute atomic E-state index is 13.9. The Balaban J connectivity index is 1.68. The number of hydrogen-bond donors (Lipinski definition) is 0. The monoisotopic (exact) mass is 488 g/mol. The van der Waals surface area contributed by atoms with Crippen LogP contribution in [0.4, 0.5) is 4.79 Å². The summed E-state index contributed by atoms with van der Waals surface area (Å²) in [6, 6.07) is 0. The summed E-state index contributed by atoms with van der Waals surface area (Å²) in [6.45, 7) is 5.30. The summed E-state index contributed by atoms with van der Waals surface area (Å²) in [4.78, 5) is 63.8. The van der Waals surface area contributed by atoms with Crippen LogP contribution >= 0.6 is 0 Å². The molecule has 8 heteroatoms. The highest BCUT2D eigenvalue weighted by atomic mass is 16.7. The van der Waals surface area contributed by atoms with Crippen molar-refractivity contribution in [1.82, 2.24) is 0 Å². The van der Waals surface area contributed by atoms with Crippen LogP contribution in [-0.2, 0) is 33.4 Å². The van der Waals surface area contributed by atoms with Gasteiger partial charge in [-0.2, -0.15) is 0 Å². The van der Waals surface area contributed by atoms with E-state index >= 15 is 0 Å². The minimum atomic E-state index is -1.60. The third-order valence-corrected chi connectivity index (χ3v) is 9.47. The highest BCUT2D eigenvalue weighted by Gasteiger charge is 2.71. The number of fused-ring (bicyclic) bond motifs is 5. The quantitative estimate of drug-likeness (QED) is 0.513. The van der Waals surface area contributed by atoms with E-state index < -0.39 is 35.5 Å². The third-order valence-electron chi connectivity index (χ3n) is 9.47. The van der Waals surface area contributed by atoms with Crippen LogP contribution in [0.5, 0.6) is 0 Å². The Morgan fingerprint density at radius 1 is 1.09 bits per heavy atom. The lowest BCUT2D eigenvalue weighted by Gasteiger charge is -2.57. The molecule has 0 N–H and O–H groups in total. The summed E-state index contributed by atoms with van der Waals surface area (Å²) in [5.41, 5.74) is -1.82. The molecule has 0 aliphatic heterocycles. The molecule has 0 aromatic heterocycles. The van der Waals surface area contributed by atoms with Gasteiger partial charge in [0, 0.05) is 30.6 Å². The number of rotatable bonds is 6. The van der Waals surface area contributed by atoms with E-state index in [-0.39, 0.29) is 54.0 Å². The number of ketones is 3. The molecule has 0 radical (unpaired) electrons. The van der Waals surface area contributed by atoms with Crippen LogP contribution in [0.25, 0.3) is 0 Å². The molecule has 0 spiro atoms. The molecule has 8 nitrogen and oxygen atoms in total. The van der Waals surface area contributed by atoms with Crippen LogP contribution in [0.2, 0.25) is 0 Å². The van der Waals surface area contributed by atoms with Crippen molar-refractivity contribution in [3.63, 3.8) is 0 Å². The molecule has 0 aromatic carbocycles. The van der Waals surface area contributed by atoms with Gasteiger partial charge >= 0.3 is 12.1 Å². The lowest BCUT2D eigenvalue weighted by Crippen LogP contribution is -2.62. The fourth-order valence-corrected chi connectivity index (χ4v) is 7.78. The Kier molecular flexibility index (Phi) is 6.70. The van der Waals surface area contributed by atoms with Gasteiger partial charge in [-0.05, 0) is 61.9 Å². The molecular formula is C27H36O8. The molecular weight excluding hydrogens is 452 g/mol. The van der Waals surface area contributed by atoms with Crippen LogP contribution in [0.1, 0.15) is 78.6 Å². The zero-order valence-corrected chi connectivity index (χ0v) is 21.1. The molecule has 0 unspecified atom stereocenters. The molecule has 192 valence electrons. The van der Waals surface area contributed by atoms with Gasteiger partial charge in [-0.3, -0.25) is 19.2 Å². The largest absolute Gasteiger partial charge is 0.509 e. The molecule has 0 amide bonds. The van der Waals surface area contributed by atoms with E-state index in [2.05, 4.69) is 6.92 Å². The minimum Gasteiger partial charge on any atom is -0.457 e. The summed E-state index contributed by atoms with van der Waals surface area (Å²) in [7, 11) is 1.18. The predicted molar refractivity (Wildman–Crippen MR) is 124 cm³/mol. The van der Waals surface area contributed by atoms with Gasteiger partial charge in [0.05, 0.1) is 7.11 Å². The Hall–Kier alpha value is -2.51. The minimum absolute atomic E-state index is 0.0233. The van der Waals surface area contributed by atoms with Crippen LogP contribution in [-0.4, -0.2) is 48.8 Å². The average Bonchev–Trinajstić information content (AvgIpc) is 3.10. The van der Waals surface area contributed by atoms with E-state index in [1.54, 1.807) is 6.08 Å². The van der Waals surface area contributed by atoms with E-state index in [1.165, 1.54) is 7.11 Å². The van der Waals surface area contributed by atoms with Gasteiger partial charge in [0.25, 0.3) is 0 Å². The fraction of sp³-hybridized carbons (Fsp3) is 0.741. The van der Waals surface area contributed by atoms with Gasteiger partial charge in [-0.15, -0.1) is 0 Å². The van der Waals surface area contributed by atoms with E-state index in [1.807, 2.05) is 13.8 Å². The fourth-order valence-electron chi connectivity index (χ4n) is 7.78. The highest BCUT2D eigenvalue weighted by Crippen LogP contribution is 2.67. The number of carbonyl (C=O) groups excluding carboxylic acids is 5. The van der Waals surface area contributed by atoms with Gasteiger partial charge in [-0.25, -0.2) is 4.79 Å². The number of allylic oxidation sites excluding steroid dienone is 1. The molecule has 0 heterocycles. The van der Waals surface area contributed by atoms with Crippen LogP contribution < -0.4 is 0 Å². The molecule has 4 rings (SSSR count). The molecule has 0 saturated heterocycles. The van der Waals surface area contributed by atoms with E-state index in [4.69, 9.17) is 14.2 Å². The Morgan fingerprint density at radius 3 is 2.51 bits per heavy atom. The van der Waals surface area contributed by atoms with Gasteiger partial charge < -0.3 is 14.2 Å². The standard InChI is InChI=1S/C27H36O8/c1-5-6-22(31)34-15-21(30)27(35-24(32)33-4)12-10-19-18-8-7-16-13-17(28)9-11-25(16,2)23(18)20(29)14-26(19,27)3/h13,18-19,23H,5-12,14-15H2,1-4H3/t18-,19-,23+,25-,26-,27-/m0/s1. The molecule has 4 aliphatic rings. The van der Waals surface area contributed by atoms with Crippen molar-refractivity contribution in [3.8, 4) is 0 Å². The Labute approximate surface area is 206 Å². The van der Waals surface area contributed by atoms with E-state index in [0.717, 1.165) is 18.4 Å². The summed E-state index contributed by atoms with van der Waals surface area (Å²) in [6.07, 6.45) is 5.09. The highest BCUT2D eigenvalue weighted by molar-refractivity contribution is 5.96. The smallest absolute Gasteiger partial charge is 0.457 e. The first-order chi connectivity index (χ1) is 16.5. The number of esters is 1. The van der Waals surface area contributed by atoms with E-state index in [9.17, 15) is 24.0 Å². The summed E-state index contributed by atoms with van der Waals surface area (Å²) in [5.74, 6) is -1.05. The summed E-state index contributed by atoms with van der Waals surface area (Å²) in [5, 5.41) is 0. The average molecular weight is 489 g/mol. The Bertz CT molecular complexity index is 982. The van der Waals surface area contributed by atoms with Crippen molar-refractivity contribution in [1.29, 1.82) is 0 Å². The van der Waals surface area contributed by atoms with Crippen LogP contribution in [0, 0.1) is 28.6 Å². The van der Waals surface area contributed by atoms with Crippen molar-refractivity contribution in [3.05, 3.63) is 11.6 Å². The second-order valence-corrected chi connectivity index (χ2v) is 11.2. The van der Waals surface area contributed by atoms with Gasteiger partial charge in [0.15, 0.2) is 18.0 Å². The van der Waals surface area contributed by atoms with E-state index in [0.29, 0.717) is 25.7 Å². The third kappa shape index (κ3) is 3.93. The normalized spacial score (nSPS) is 37.9. The predicted octanol–water partition coefficient (Wildman–Crippen LogP) is 4.13.